The van der Waals surface area contributed by atoms with Gasteiger partial charge in [-0.05, 0) is 25.3 Å². The molecule has 0 spiro atoms. The Labute approximate surface area is 117 Å². The predicted molar refractivity (Wildman–Crippen MR) is 81.5 cm³/mol. The van der Waals surface area contributed by atoms with Crippen LogP contribution in [0.15, 0.2) is 18.3 Å². The monoisotopic (exact) mass is 261 g/mol. The zero-order chi connectivity index (χ0) is 13.7. The van der Waals surface area contributed by atoms with Gasteiger partial charge in [0.05, 0.1) is 0 Å². The van der Waals surface area contributed by atoms with Crippen LogP contribution >= 0.6 is 0 Å². The fourth-order valence-electron chi connectivity index (χ4n) is 2.32. The molecule has 1 heterocycles. The van der Waals surface area contributed by atoms with E-state index < -0.39 is 0 Å². The Morgan fingerprint density at radius 1 is 1.42 bits per heavy atom. The lowest BCUT2D eigenvalue weighted by Crippen LogP contribution is -2.30. The maximum atomic E-state index is 4.66. The summed E-state index contributed by atoms with van der Waals surface area (Å²) in [5, 5.41) is 3.51. The molecule has 3 heteroatoms. The Hall–Kier alpha value is -1.09. The van der Waals surface area contributed by atoms with Crippen molar-refractivity contribution >= 4 is 5.82 Å². The molecule has 2 rings (SSSR count). The topological polar surface area (TPSA) is 28.2 Å². The molecule has 1 aliphatic rings. The van der Waals surface area contributed by atoms with E-state index in [0.717, 1.165) is 19.1 Å². The van der Waals surface area contributed by atoms with E-state index >= 15 is 0 Å². The molecule has 0 bridgehead atoms. The molecule has 3 nitrogen and oxygen atoms in total. The molecule has 1 aromatic heterocycles. The molecule has 1 N–H and O–H groups in total. The van der Waals surface area contributed by atoms with Gasteiger partial charge in [-0.25, -0.2) is 4.98 Å². The van der Waals surface area contributed by atoms with Crippen molar-refractivity contribution in [2.45, 2.75) is 65.1 Å². The summed E-state index contributed by atoms with van der Waals surface area (Å²) in [5.41, 5.74) is 1.33. The van der Waals surface area contributed by atoms with E-state index in [1.165, 1.54) is 37.1 Å². The van der Waals surface area contributed by atoms with Crippen LogP contribution in [-0.2, 0) is 6.54 Å². The third kappa shape index (κ3) is 4.20. The van der Waals surface area contributed by atoms with Crippen LogP contribution in [0.4, 0.5) is 5.82 Å². The highest BCUT2D eigenvalue weighted by atomic mass is 15.2. The van der Waals surface area contributed by atoms with Gasteiger partial charge in [0, 0.05) is 36.9 Å². The Kier molecular flexibility index (Phi) is 5.20. The number of nitrogens with one attached hydrogen (secondary N) is 1. The number of pyridine rings is 1. The number of hydrogen-bond acceptors (Lipinski definition) is 3. The molecule has 0 aliphatic heterocycles. The van der Waals surface area contributed by atoms with E-state index in [0.29, 0.717) is 6.04 Å². The average molecular weight is 261 g/mol. The molecule has 19 heavy (non-hydrogen) atoms. The molecule has 1 saturated carbocycles. The normalized spacial score (nSPS) is 14.9. The van der Waals surface area contributed by atoms with Gasteiger partial charge in [-0.3, -0.25) is 0 Å². The second kappa shape index (κ2) is 6.90. The summed E-state index contributed by atoms with van der Waals surface area (Å²) in [6.07, 6.45) is 7.09. The fourth-order valence-corrected chi connectivity index (χ4v) is 2.32. The largest absolute Gasteiger partial charge is 0.353 e. The van der Waals surface area contributed by atoms with Crippen molar-refractivity contribution < 1.29 is 0 Å². The predicted octanol–water partition coefficient (Wildman–Crippen LogP) is 3.35. The molecule has 106 valence electrons. The first-order valence-electron chi connectivity index (χ1n) is 7.66. The van der Waals surface area contributed by atoms with Gasteiger partial charge in [0.1, 0.15) is 5.82 Å². The highest BCUT2D eigenvalue weighted by Crippen LogP contribution is 2.32. The Bertz CT molecular complexity index is 385. The molecule has 0 saturated heterocycles. The van der Waals surface area contributed by atoms with Gasteiger partial charge in [-0.1, -0.05) is 33.3 Å². The minimum atomic E-state index is 0.512. The molecule has 1 fully saturated rings. The highest BCUT2D eigenvalue weighted by Gasteiger charge is 2.30. The number of aromatic nitrogens is 1. The van der Waals surface area contributed by atoms with Gasteiger partial charge in [-0.2, -0.15) is 0 Å². The summed E-state index contributed by atoms with van der Waals surface area (Å²) in [5.74, 6) is 1.20. The Morgan fingerprint density at radius 3 is 2.84 bits per heavy atom. The molecule has 0 unspecified atom stereocenters. The Morgan fingerprint density at radius 2 is 2.21 bits per heavy atom. The second-order valence-corrected chi connectivity index (χ2v) is 5.80. The van der Waals surface area contributed by atoms with Crippen LogP contribution in [0.2, 0.25) is 0 Å². The van der Waals surface area contributed by atoms with Crippen molar-refractivity contribution in [3.63, 3.8) is 0 Å². The van der Waals surface area contributed by atoms with Crippen molar-refractivity contribution in [2.75, 3.05) is 11.4 Å². The third-order valence-electron chi connectivity index (χ3n) is 3.58. The van der Waals surface area contributed by atoms with Crippen LogP contribution in [0.3, 0.4) is 0 Å². The number of hydrogen-bond donors (Lipinski definition) is 1. The van der Waals surface area contributed by atoms with Gasteiger partial charge in [0.25, 0.3) is 0 Å². The number of nitrogens with zero attached hydrogens (tertiary/aromatic N) is 2. The molecule has 0 radical (unpaired) electrons. The van der Waals surface area contributed by atoms with Crippen LogP contribution < -0.4 is 10.2 Å². The highest BCUT2D eigenvalue weighted by molar-refractivity contribution is 5.48. The van der Waals surface area contributed by atoms with Crippen LogP contribution in [-0.4, -0.2) is 23.6 Å². The lowest BCUT2D eigenvalue weighted by Gasteiger charge is -2.26. The zero-order valence-electron chi connectivity index (χ0n) is 12.5. The quantitative estimate of drug-likeness (QED) is 0.778. The van der Waals surface area contributed by atoms with Crippen molar-refractivity contribution in [1.82, 2.24) is 10.3 Å². The average Bonchev–Trinajstić information content (AvgIpc) is 3.22. The first-order chi connectivity index (χ1) is 9.22. The SMILES string of the molecule is CCCCN(c1ncccc1CNC(C)C)C1CC1. The zero-order valence-corrected chi connectivity index (χ0v) is 12.5. The first kappa shape index (κ1) is 14.3. The summed E-state index contributed by atoms with van der Waals surface area (Å²) in [6, 6.07) is 5.50. The van der Waals surface area contributed by atoms with Crippen molar-refractivity contribution in [3.05, 3.63) is 23.9 Å². The summed E-state index contributed by atoms with van der Waals surface area (Å²) in [7, 11) is 0. The molecule has 1 aromatic rings. The van der Waals surface area contributed by atoms with E-state index in [-0.39, 0.29) is 0 Å². The van der Waals surface area contributed by atoms with Crippen LogP contribution in [0.25, 0.3) is 0 Å². The number of unbranched alkanes of at least 4 members (excludes halogenated alkanes) is 1. The first-order valence-corrected chi connectivity index (χ1v) is 7.66. The van der Waals surface area contributed by atoms with E-state index in [2.05, 4.69) is 42.0 Å². The summed E-state index contributed by atoms with van der Waals surface area (Å²) >= 11 is 0. The molecule has 0 amide bonds. The van der Waals surface area contributed by atoms with E-state index in [1.807, 2.05) is 12.3 Å². The van der Waals surface area contributed by atoms with Crippen molar-refractivity contribution in [3.8, 4) is 0 Å². The van der Waals surface area contributed by atoms with Gasteiger partial charge in [0.2, 0.25) is 0 Å². The van der Waals surface area contributed by atoms with Crippen molar-refractivity contribution in [2.24, 2.45) is 0 Å². The molecule has 1 aliphatic carbocycles. The molecule has 0 aromatic carbocycles. The summed E-state index contributed by atoms with van der Waals surface area (Å²) in [6.45, 7) is 8.69. The lowest BCUT2D eigenvalue weighted by atomic mass is 10.2. The maximum absolute atomic E-state index is 4.66. The molecular formula is C16H27N3. The third-order valence-corrected chi connectivity index (χ3v) is 3.58. The minimum absolute atomic E-state index is 0.512. The number of rotatable bonds is 8. The van der Waals surface area contributed by atoms with Crippen LogP contribution in [0.5, 0.6) is 0 Å². The van der Waals surface area contributed by atoms with E-state index in [1.54, 1.807) is 0 Å². The lowest BCUT2D eigenvalue weighted by molar-refractivity contribution is 0.585. The maximum Gasteiger partial charge on any atom is 0.133 e. The van der Waals surface area contributed by atoms with Gasteiger partial charge in [0.15, 0.2) is 0 Å². The second-order valence-electron chi connectivity index (χ2n) is 5.80. The standard InChI is InChI=1S/C16H27N3/c1-4-5-11-19(15-8-9-15)16-14(7-6-10-17-16)12-18-13(2)3/h6-7,10,13,15,18H,4-5,8-9,11-12H2,1-3H3. The minimum Gasteiger partial charge on any atom is -0.353 e. The summed E-state index contributed by atoms with van der Waals surface area (Å²) < 4.78 is 0. The van der Waals surface area contributed by atoms with Gasteiger partial charge >= 0.3 is 0 Å². The van der Waals surface area contributed by atoms with Crippen molar-refractivity contribution in [1.29, 1.82) is 0 Å². The fraction of sp³-hybridized carbons (Fsp3) is 0.688. The Balaban J connectivity index is 2.11. The molecule has 0 atom stereocenters. The van der Waals surface area contributed by atoms with Gasteiger partial charge in [-0.15, -0.1) is 0 Å². The smallest absolute Gasteiger partial charge is 0.133 e. The number of anilines is 1. The van der Waals surface area contributed by atoms with Crippen LogP contribution in [0, 0.1) is 0 Å². The van der Waals surface area contributed by atoms with E-state index in [9.17, 15) is 0 Å². The van der Waals surface area contributed by atoms with Gasteiger partial charge < -0.3 is 10.2 Å². The van der Waals surface area contributed by atoms with Crippen LogP contribution in [0.1, 0.15) is 52.0 Å². The molecular weight excluding hydrogens is 234 g/mol. The summed E-state index contributed by atoms with van der Waals surface area (Å²) in [4.78, 5) is 7.19. The van der Waals surface area contributed by atoms with E-state index in [4.69, 9.17) is 0 Å².